The van der Waals surface area contributed by atoms with Crippen LogP contribution in [0.15, 0.2) is 35.2 Å². The van der Waals surface area contributed by atoms with E-state index in [9.17, 15) is 13.2 Å². The van der Waals surface area contributed by atoms with E-state index in [1.165, 1.54) is 4.31 Å². The fourth-order valence-corrected chi connectivity index (χ4v) is 6.06. The minimum atomic E-state index is -3.59. The van der Waals surface area contributed by atoms with Crippen molar-refractivity contribution >= 4 is 27.0 Å². The number of aromatic nitrogens is 3. The van der Waals surface area contributed by atoms with E-state index >= 15 is 0 Å². The summed E-state index contributed by atoms with van der Waals surface area (Å²) in [5.74, 6) is 0.338. The van der Waals surface area contributed by atoms with Crippen molar-refractivity contribution in [2.24, 2.45) is 7.05 Å². The molecule has 3 heterocycles. The molecule has 9 heteroatoms. The Morgan fingerprint density at radius 1 is 1.03 bits per heavy atom. The zero-order valence-electron chi connectivity index (χ0n) is 19.3. The smallest absolute Gasteiger partial charge is 0.254 e. The molecule has 1 saturated heterocycles. The topological polar surface area (TPSA) is 88.4 Å². The lowest BCUT2D eigenvalue weighted by molar-refractivity contribution is 0.0766. The van der Waals surface area contributed by atoms with E-state index in [1.807, 2.05) is 39.1 Å². The van der Waals surface area contributed by atoms with Crippen LogP contribution in [0.4, 0.5) is 0 Å². The highest BCUT2D eigenvalue weighted by atomic mass is 32.2. The number of aryl methyl sites for hydroxylation is 3. The first-order valence-corrected chi connectivity index (χ1v) is 12.9. The van der Waals surface area contributed by atoms with Gasteiger partial charge in [-0.1, -0.05) is 17.7 Å². The van der Waals surface area contributed by atoms with Crippen molar-refractivity contribution in [3.8, 4) is 0 Å². The van der Waals surface area contributed by atoms with Crippen LogP contribution in [0.25, 0.3) is 11.0 Å². The van der Waals surface area contributed by atoms with Crippen molar-refractivity contribution in [2.45, 2.75) is 43.9 Å². The predicted molar refractivity (Wildman–Crippen MR) is 126 cm³/mol. The fourth-order valence-electron chi connectivity index (χ4n) is 4.59. The van der Waals surface area contributed by atoms with Crippen LogP contribution in [0.5, 0.6) is 0 Å². The third-order valence-electron chi connectivity index (χ3n) is 6.62. The first-order chi connectivity index (χ1) is 15.8. The lowest BCUT2D eigenvalue weighted by atomic mass is 10.1. The van der Waals surface area contributed by atoms with Gasteiger partial charge in [-0.15, -0.1) is 0 Å². The van der Waals surface area contributed by atoms with Crippen molar-refractivity contribution in [2.75, 3.05) is 26.2 Å². The van der Waals surface area contributed by atoms with Gasteiger partial charge in [0.1, 0.15) is 0 Å². The van der Waals surface area contributed by atoms with E-state index in [0.29, 0.717) is 42.4 Å². The Balaban J connectivity index is 1.42. The maximum Gasteiger partial charge on any atom is 0.254 e. The van der Waals surface area contributed by atoms with Gasteiger partial charge in [0.15, 0.2) is 5.65 Å². The van der Waals surface area contributed by atoms with Crippen molar-refractivity contribution in [1.29, 1.82) is 0 Å². The molecule has 0 N–H and O–H groups in total. The Hall–Kier alpha value is -2.78. The maximum atomic E-state index is 13.7. The number of benzene rings is 1. The fraction of sp³-hybridized carbons (Fsp3) is 0.458. The number of sulfonamides is 1. The second-order valence-electron chi connectivity index (χ2n) is 9.14. The van der Waals surface area contributed by atoms with Crippen LogP contribution in [0, 0.1) is 13.8 Å². The van der Waals surface area contributed by atoms with Crippen LogP contribution in [-0.4, -0.2) is 64.5 Å². The largest absolute Gasteiger partial charge is 0.337 e. The standard InChI is InChI=1S/C24H29N5O3S/c1-16-5-9-19(10-6-16)33(31,32)29-12-4-11-28(13-14-29)24(30)20-15-21(18-7-8-18)25-23-22(20)17(2)26-27(23)3/h5-6,9-10,15,18H,4,7-8,11-14H2,1-3H3. The van der Waals surface area contributed by atoms with Gasteiger partial charge in [-0.05, 0) is 51.3 Å². The molecular weight excluding hydrogens is 438 g/mol. The number of fused-ring (bicyclic) bond motifs is 1. The van der Waals surface area contributed by atoms with Crippen LogP contribution in [0.2, 0.25) is 0 Å². The highest BCUT2D eigenvalue weighted by molar-refractivity contribution is 7.89. The number of carbonyl (C=O) groups excluding carboxylic acids is 1. The summed E-state index contributed by atoms with van der Waals surface area (Å²) in [4.78, 5) is 20.5. The van der Waals surface area contributed by atoms with Gasteiger partial charge < -0.3 is 4.90 Å². The number of carbonyl (C=O) groups is 1. The first-order valence-electron chi connectivity index (χ1n) is 11.5. The summed E-state index contributed by atoms with van der Waals surface area (Å²) in [6.07, 6.45) is 2.78. The van der Waals surface area contributed by atoms with E-state index in [-0.39, 0.29) is 12.5 Å². The van der Waals surface area contributed by atoms with Crippen molar-refractivity contribution in [3.05, 3.63) is 52.8 Å². The molecule has 174 valence electrons. The van der Waals surface area contributed by atoms with Gasteiger partial charge in [-0.2, -0.15) is 9.40 Å². The van der Waals surface area contributed by atoms with Crippen LogP contribution >= 0.6 is 0 Å². The van der Waals surface area contributed by atoms with Gasteiger partial charge in [0.05, 0.1) is 21.5 Å². The molecule has 0 unspecified atom stereocenters. The third-order valence-corrected chi connectivity index (χ3v) is 8.53. The number of hydrogen-bond donors (Lipinski definition) is 0. The minimum absolute atomic E-state index is 0.0741. The summed E-state index contributed by atoms with van der Waals surface area (Å²) < 4.78 is 29.5. The number of nitrogens with zero attached hydrogens (tertiary/aromatic N) is 5. The monoisotopic (exact) mass is 467 g/mol. The van der Waals surface area contributed by atoms with Crippen molar-refractivity contribution in [1.82, 2.24) is 24.0 Å². The third kappa shape index (κ3) is 4.04. The summed E-state index contributed by atoms with van der Waals surface area (Å²) in [7, 11) is -1.74. The van der Waals surface area contributed by atoms with E-state index in [4.69, 9.17) is 4.98 Å². The summed E-state index contributed by atoms with van der Waals surface area (Å²) in [5.41, 5.74) is 4.11. The number of amides is 1. The van der Waals surface area contributed by atoms with E-state index in [2.05, 4.69) is 5.10 Å². The SMILES string of the molecule is Cc1ccc(S(=O)(=O)N2CCCN(C(=O)c3cc(C4CC4)nc4c3c(C)nn4C)CC2)cc1. The number of hydrogen-bond acceptors (Lipinski definition) is 5. The highest BCUT2D eigenvalue weighted by Crippen LogP contribution is 2.40. The molecule has 0 radical (unpaired) electrons. The number of rotatable bonds is 4. The molecule has 0 bridgehead atoms. The van der Waals surface area contributed by atoms with Crippen LogP contribution in [-0.2, 0) is 17.1 Å². The van der Waals surface area contributed by atoms with Crippen molar-refractivity contribution < 1.29 is 13.2 Å². The Kier molecular flexibility index (Phi) is 5.49. The second kappa shape index (κ2) is 8.22. The molecule has 2 aliphatic rings. The first kappa shape index (κ1) is 22.0. The van der Waals surface area contributed by atoms with Crippen molar-refractivity contribution in [3.63, 3.8) is 0 Å². The molecular formula is C24H29N5O3S. The van der Waals surface area contributed by atoms with E-state index < -0.39 is 10.0 Å². The molecule has 5 rings (SSSR count). The quantitative estimate of drug-likeness (QED) is 0.589. The van der Waals surface area contributed by atoms with Crippen LogP contribution in [0.3, 0.4) is 0 Å². The van der Waals surface area contributed by atoms with Gasteiger partial charge in [0, 0.05) is 44.8 Å². The minimum Gasteiger partial charge on any atom is -0.337 e. The molecule has 8 nitrogen and oxygen atoms in total. The maximum absolute atomic E-state index is 13.7. The van der Waals surface area contributed by atoms with Gasteiger partial charge >= 0.3 is 0 Å². The molecule has 3 aromatic rings. The van der Waals surface area contributed by atoms with Crippen LogP contribution < -0.4 is 0 Å². The second-order valence-corrected chi connectivity index (χ2v) is 11.1. The van der Waals surface area contributed by atoms with Gasteiger partial charge in [-0.3, -0.25) is 9.48 Å². The average Bonchev–Trinajstić information content (AvgIpc) is 3.62. The normalized spacial score (nSPS) is 18.0. The van der Waals surface area contributed by atoms with Crippen LogP contribution in [0.1, 0.15) is 52.5 Å². The molecule has 1 saturated carbocycles. The molecule has 2 fully saturated rings. The molecule has 1 aromatic carbocycles. The highest BCUT2D eigenvalue weighted by Gasteiger charge is 2.32. The predicted octanol–water partition coefficient (Wildman–Crippen LogP) is 3.00. The van der Waals surface area contributed by atoms with Gasteiger partial charge in [0.2, 0.25) is 10.0 Å². The molecule has 1 amide bonds. The van der Waals surface area contributed by atoms with E-state index in [0.717, 1.165) is 40.8 Å². The zero-order chi connectivity index (χ0) is 23.3. The van der Waals surface area contributed by atoms with Gasteiger partial charge in [-0.25, -0.2) is 13.4 Å². The van der Waals surface area contributed by atoms with E-state index in [1.54, 1.807) is 21.7 Å². The summed E-state index contributed by atoms with van der Waals surface area (Å²) in [6.45, 7) is 5.37. The summed E-state index contributed by atoms with van der Waals surface area (Å²) in [5, 5.41) is 5.29. The Bertz CT molecular complexity index is 1330. The molecule has 0 spiro atoms. The lowest BCUT2D eigenvalue weighted by Gasteiger charge is -2.22. The molecule has 1 aliphatic heterocycles. The zero-order valence-corrected chi connectivity index (χ0v) is 20.1. The Morgan fingerprint density at radius 3 is 2.45 bits per heavy atom. The lowest BCUT2D eigenvalue weighted by Crippen LogP contribution is -2.37. The summed E-state index contributed by atoms with van der Waals surface area (Å²) in [6, 6.07) is 8.85. The molecule has 2 aromatic heterocycles. The Labute approximate surface area is 194 Å². The molecule has 0 atom stereocenters. The Morgan fingerprint density at radius 2 is 1.76 bits per heavy atom. The molecule has 33 heavy (non-hydrogen) atoms. The molecule has 1 aliphatic carbocycles. The average molecular weight is 468 g/mol. The van der Waals surface area contributed by atoms with Gasteiger partial charge in [0.25, 0.3) is 5.91 Å². The summed E-state index contributed by atoms with van der Waals surface area (Å²) >= 11 is 0. The number of pyridine rings is 1.